The summed E-state index contributed by atoms with van der Waals surface area (Å²) in [5.74, 6) is 1.80. The largest absolute Gasteiger partial charge is 0.456 e. The average molecular weight is 587 g/mol. The van der Waals surface area contributed by atoms with Crippen LogP contribution in [0.3, 0.4) is 0 Å². The van der Waals surface area contributed by atoms with Gasteiger partial charge in [-0.15, -0.1) is 0 Å². The molecule has 10 rings (SSSR count). The molecule has 0 fully saturated rings. The zero-order valence-corrected chi connectivity index (χ0v) is 24.8. The summed E-state index contributed by atoms with van der Waals surface area (Å²) in [7, 11) is 0. The molecule has 0 spiro atoms. The smallest absolute Gasteiger partial charge is 0.143 e. The molecular formula is C44H26O2. The third-order valence-electron chi connectivity index (χ3n) is 9.47. The lowest BCUT2D eigenvalue weighted by Gasteiger charge is -2.23. The van der Waals surface area contributed by atoms with E-state index in [9.17, 15) is 0 Å². The minimum absolute atomic E-state index is 0.895. The molecule has 2 nitrogen and oxygen atoms in total. The van der Waals surface area contributed by atoms with E-state index in [1.807, 2.05) is 6.07 Å². The van der Waals surface area contributed by atoms with E-state index in [4.69, 9.17) is 9.15 Å². The van der Waals surface area contributed by atoms with Crippen molar-refractivity contribution < 1.29 is 9.15 Å². The summed E-state index contributed by atoms with van der Waals surface area (Å²) in [6, 6.07) is 56.1. The summed E-state index contributed by atoms with van der Waals surface area (Å²) in [5.41, 5.74) is 11.3. The minimum atomic E-state index is 0.895. The molecular weight excluding hydrogens is 560 g/mol. The van der Waals surface area contributed by atoms with Gasteiger partial charge in [0, 0.05) is 27.1 Å². The molecule has 0 saturated carbocycles. The fourth-order valence-corrected chi connectivity index (χ4v) is 7.44. The van der Waals surface area contributed by atoms with Gasteiger partial charge >= 0.3 is 0 Å². The van der Waals surface area contributed by atoms with E-state index >= 15 is 0 Å². The number of ether oxygens (including phenoxy) is 1. The summed E-state index contributed by atoms with van der Waals surface area (Å²) in [6.45, 7) is 0. The van der Waals surface area contributed by atoms with Gasteiger partial charge in [0.1, 0.15) is 22.7 Å². The SMILES string of the molecule is c1ccc2c(c1)Oc1cccc3cc(-c4ccccc4-c4ccccc4-c4cccc5oc6c7ccccc7ccc6c45)cc-2c13. The number of benzene rings is 8. The molecule has 0 unspecified atom stereocenters. The van der Waals surface area contributed by atoms with Gasteiger partial charge in [0.2, 0.25) is 0 Å². The van der Waals surface area contributed by atoms with Crippen LogP contribution in [0.2, 0.25) is 0 Å². The Kier molecular flexibility index (Phi) is 5.31. The van der Waals surface area contributed by atoms with Crippen molar-refractivity contribution in [2.24, 2.45) is 0 Å². The average Bonchev–Trinajstić information content (AvgIpc) is 3.51. The third kappa shape index (κ3) is 3.65. The monoisotopic (exact) mass is 586 g/mol. The second kappa shape index (κ2) is 9.69. The van der Waals surface area contributed by atoms with Gasteiger partial charge < -0.3 is 9.15 Å². The van der Waals surface area contributed by atoms with E-state index in [2.05, 4.69) is 152 Å². The Labute approximate surface area is 265 Å². The first kappa shape index (κ1) is 25.2. The fourth-order valence-electron chi connectivity index (χ4n) is 7.44. The van der Waals surface area contributed by atoms with Crippen LogP contribution in [0.25, 0.3) is 88.0 Å². The molecule has 1 aliphatic rings. The maximum Gasteiger partial charge on any atom is 0.143 e. The molecule has 2 heteroatoms. The second-order valence-corrected chi connectivity index (χ2v) is 12.0. The summed E-state index contributed by atoms with van der Waals surface area (Å²) in [4.78, 5) is 0. The zero-order chi connectivity index (χ0) is 30.2. The summed E-state index contributed by atoms with van der Waals surface area (Å²) >= 11 is 0. The number of hydrogen-bond donors (Lipinski definition) is 0. The maximum atomic E-state index is 6.57. The van der Waals surface area contributed by atoms with Crippen LogP contribution in [0.5, 0.6) is 11.5 Å². The zero-order valence-electron chi connectivity index (χ0n) is 24.8. The van der Waals surface area contributed by atoms with Gasteiger partial charge in [-0.25, -0.2) is 0 Å². The van der Waals surface area contributed by atoms with E-state index in [0.717, 1.165) is 49.8 Å². The van der Waals surface area contributed by atoms with Gasteiger partial charge in [0.15, 0.2) is 0 Å². The van der Waals surface area contributed by atoms with Crippen molar-refractivity contribution in [3.63, 3.8) is 0 Å². The second-order valence-electron chi connectivity index (χ2n) is 12.0. The standard InChI is InChI=1S/C44H26O2/c1-2-14-31-27(11-1)23-24-37-43-36(19-10-22-41(43)46-44(31)37)34-17-6-5-16-33(34)32-15-4-3-13-30(32)29-25-28-12-9-21-40-42(28)38(26-29)35-18-7-8-20-39(35)45-40/h1-26H. The van der Waals surface area contributed by atoms with Crippen LogP contribution < -0.4 is 4.74 Å². The Morgan fingerprint density at radius 3 is 1.85 bits per heavy atom. The Bertz CT molecular complexity index is 2680. The fraction of sp³-hybridized carbons (Fsp3) is 0. The summed E-state index contributed by atoms with van der Waals surface area (Å²) in [5, 5.41) is 6.93. The van der Waals surface area contributed by atoms with Crippen molar-refractivity contribution in [3.05, 3.63) is 158 Å². The lowest BCUT2D eigenvalue weighted by atomic mass is 9.86. The van der Waals surface area contributed by atoms with Crippen LogP contribution in [0.1, 0.15) is 0 Å². The van der Waals surface area contributed by atoms with Crippen molar-refractivity contribution in [2.45, 2.75) is 0 Å². The highest BCUT2D eigenvalue weighted by atomic mass is 16.5. The van der Waals surface area contributed by atoms with E-state index in [1.165, 1.54) is 49.7 Å². The van der Waals surface area contributed by atoms with Crippen molar-refractivity contribution in [1.29, 1.82) is 0 Å². The molecule has 214 valence electrons. The van der Waals surface area contributed by atoms with Gasteiger partial charge in [-0.1, -0.05) is 121 Å². The quantitative estimate of drug-likeness (QED) is 0.205. The van der Waals surface area contributed by atoms with Crippen LogP contribution in [0.15, 0.2) is 162 Å². The number of para-hydroxylation sites is 1. The predicted octanol–water partition coefficient (Wildman–Crippen LogP) is 12.7. The lowest BCUT2D eigenvalue weighted by molar-refractivity contribution is 0.487. The number of fused-ring (bicyclic) bond motifs is 7. The van der Waals surface area contributed by atoms with Gasteiger partial charge in [-0.3, -0.25) is 0 Å². The van der Waals surface area contributed by atoms with Crippen LogP contribution in [0, 0.1) is 0 Å². The van der Waals surface area contributed by atoms with E-state index in [1.54, 1.807) is 0 Å². The van der Waals surface area contributed by atoms with Gasteiger partial charge in [-0.2, -0.15) is 0 Å². The Morgan fingerprint density at radius 2 is 0.978 bits per heavy atom. The number of hydrogen-bond acceptors (Lipinski definition) is 2. The van der Waals surface area contributed by atoms with Crippen molar-refractivity contribution in [1.82, 2.24) is 0 Å². The first-order chi connectivity index (χ1) is 22.8. The maximum absolute atomic E-state index is 6.57. The third-order valence-corrected chi connectivity index (χ3v) is 9.47. The van der Waals surface area contributed by atoms with Gasteiger partial charge in [-0.05, 0) is 86.1 Å². The molecule has 0 aliphatic carbocycles. The van der Waals surface area contributed by atoms with Crippen LogP contribution in [-0.2, 0) is 0 Å². The molecule has 0 atom stereocenters. The van der Waals surface area contributed by atoms with Crippen LogP contribution >= 0.6 is 0 Å². The molecule has 2 heterocycles. The van der Waals surface area contributed by atoms with Gasteiger partial charge in [0.05, 0.1) is 0 Å². The molecule has 0 radical (unpaired) electrons. The van der Waals surface area contributed by atoms with E-state index in [0.29, 0.717) is 0 Å². The van der Waals surface area contributed by atoms with Crippen LogP contribution in [-0.4, -0.2) is 0 Å². The van der Waals surface area contributed by atoms with Crippen molar-refractivity contribution in [3.8, 4) is 56.0 Å². The van der Waals surface area contributed by atoms with Crippen molar-refractivity contribution in [2.75, 3.05) is 0 Å². The number of rotatable bonds is 3. The normalized spacial score (nSPS) is 12.1. The molecule has 0 bridgehead atoms. The Morgan fingerprint density at radius 1 is 0.348 bits per heavy atom. The highest BCUT2D eigenvalue weighted by molar-refractivity contribution is 6.20. The molecule has 1 aliphatic heterocycles. The topological polar surface area (TPSA) is 22.4 Å². The first-order valence-electron chi connectivity index (χ1n) is 15.7. The first-order valence-corrected chi connectivity index (χ1v) is 15.7. The van der Waals surface area contributed by atoms with Gasteiger partial charge in [0.25, 0.3) is 0 Å². The molecule has 0 N–H and O–H groups in total. The molecule has 0 amide bonds. The molecule has 8 aromatic carbocycles. The molecule has 0 saturated heterocycles. The minimum Gasteiger partial charge on any atom is -0.456 e. The predicted molar refractivity (Wildman–Crippen MR) is 191 cm³/mol. The molecule has 46 heavy (non-hydrogen) atoms. The number of furan rings is 1. The van der Waals surface area contributed by atoms with Crippen LogP contribution in [0.4, 0.5) is 0 Å². The highest BCUT2D eigenvalue weighted by Gasteiger charge is 2.22. The lowest BCUT2D eigenvalue weighted by Crippen LogP contribution is -1.97. The summed E-state index contributed by atoms with van der Waals surface area (Å²) < 4.78 is 12.9. The Hall–Kier alpha value is -6.12. The van der Waals surface area contributed by atoms with E-state index in [-0.39, 0.29) is 0 Å². The molecule has 9 aromatic rings. The molecule has 1 aromatic heterocycles. The van der Waals surface area contributed by atoms with Crippen molar-refractivity contribution >= 4 is 43.5 Å². The summed E-state index contributed by atoms with van der Waals surface area (Å²) in [6.07, 6.45) is 0. The highest BCUT2D eigenvalue weighted by Crippen LogP contribution is 2.49. The van der Waals surface area contributed by atoms with E-state index < -0.39 is 0 Å². The Balaban J connectivity index is 1.21.